The lowest BCUT2D eigenvalue weighted by molar-refractivity contribution is -0.0515. The van der Waals surface area contributed by atoms with Crippen molar-refractivity contribution in [2.24, 2.45) is 0 Å². The summed E-state index contributed by atoms with van der Waals surface area (Å²) in [5.74, 6) is -0.907. The van der Waals surface area contributed by atoms with E-state index in [1.165, 1.54) is 36.6 Å². The molecule has 0 aliphatic heterocycles. The number of hydrogen-bond donors (Lipinski definition) is 2. The summed E-state index contributed by atoms with van der Waals surface area (Å²) in [4.78, 5) is 20.6. The number of aromatic nitrogens is 2. The quantitative estimate of drug-likeness (QED) is 0.427. The van der Waals surface area contributed by atoms with E-state index in [9.17, 15) is 13.6 Å². The van der Waals surface area contributed by atoms with Crippen molar-refractivity contribution in [3.05, 3.63) is 59.1 Å². The van der Waals surface area contributed by atoms with Crippen molar-refractivity contribution in [1.29, 1.82) is 0 Å². The second-order valence-corrected chi connectivity index (χ2v) is 7.24. The Kier molecular flexibility index (Phi) is 5.37. The van der Waals surface area contributed by atoms with Crippen LogP contribution in [0.2, 0.25) is 0 Å². The third-order valence-electron chi connectivity index (χ3n) is 4.52. The normalized spacial score (nSPS) is 11.1. The minimum atomic E-state index is -3.09. The summed E-state index contributed by atoms with van der Waals surface area (Å²) in [6.07, 6.45) is 0. The number of amides is 1. The van der Waals surface area contributed by atoms with Crippen molar-refractivity contribution in [3.63, 3.8) is 0 Å². The molecule has 0 atom stereocenters. The van der Waals surface area contributed by atoms with Gasteiger partial charge in [0.05, 0.1) is 18.4 Å². The van der Waals surface area contributed by atoms with Crippen LogP contribution in [-0.4, -0.2) is 29.6 Å². The Morgan fingerprint density at radius 3 is 2.77 bits per heavy atom. The highest BCUT2D eigenvalue weighted by Crippen LogP contribution is 2.35. The number of fused-ring (bicyclic) bond motifs is 1. The zero-order valence-electron chi connectivity index (χ0n) is 16.0. The number of H-pyrrole nitrogens is 1. The van der Waals surface area contributed by atoms with Gasteiger partial charge in [0.2, 0.25) is 0 Å². The molecule has 30 heavy (non-hydrogen) atoms. The zero-order valence-corrected chi connectivity index (χ0v) is 16.8. The lowest BCUT2D eigenvalue weighted by Gasteiger charge is -2.13. The van der Waals surface area contributed by atoms with E-state index in [-0.39, 0.29) is 17.1 Å². The summed E-state index contributed by atoms with van der Waals surface area (Å²) >= 11 is 1.24. The summed E-state index contributed by atoms with van der Waals surface area (Å²) in [6.45, 7) is -1.14. The number of benzene rings is 2. The van der Waals surface area contributed by atoms with Crippen molar-refractivity contribution < 1.29 is 23.0 Å². The van der Waals surface area contributed by atoms with E-state index in [0.29, 0.717) is 10.8 Å². The number of anilines is 1. The Hall–Kier alpha value is -3.46. The molecule has 6 nitrogen and oxygen atoms in total. The predicted octanol–water partition coefficient (Wildman–Crippen LogP) is 5.46. The molecule has 2 aromatic carbocycles. The number of rotatable bonds is 6. The largest absolute Gasteiger partial charge is 0.493 e. The number of thiazole rings is 1. The number of hydrogen-bond acceptors (Lipinski definition) is 5. The van der Waals surface area contributed by atoms with Crippen LogP contribution in [0.4, 0.5) is 13.9 Å². The number of nitrogens with zero attached hydrogens (tertiary/aromatic N) is 1. The van der Waals surface area contributed by atoms with Crippen LogP contribution in [0.15, 0.2) is 47.8 Å². The molecule has 0 saturated heterocycles. The van der Waals surface area contributed by atoms with Gasteiger partial charge in [0.25, 0.3) is 5.91 Å². The molecule has 2 aromatic heterocycles. The topological polar surface area (TPSA) is 76.2 Å². The first kappa shape index (κ1) is 19.8. The third kappa shape index (κ3) is 3.71. The van der Waals surface area contributed by atoms with E-state index >= 15 is 0 Å². The van der Waals surface area contributed by atoms with Crippen molar-refractivity contribution in [3.8, 4) is 22.8 Å². The number of methoxy groups -OCH3 is 1. The maximum atomic E-state index is 12.8. The fraction of sp³-hybridized carbons (Fsp3) is 0.143. The van der Waals surface area contributed by atoms with Gasteiger partial charge in [0, 0.05) is 27.5 Å². The maximum Gasteiger partial charge on any atom is 0.387 e. The van der Waals surface area contributed by atoms with E-state index < -0.39 is 12.5 Å². The number of nitrogens with one attached hydrogen (secondary N) is 2. The number of aromatic amines is 1. The minimum Gasteiger partial charge on any atom is -0.493 e. The van der Waals surface area contributed by atoms with Gasteiger partial charge in [-0.1, -0.05) is 24.3 Å². The molecule has 4 rings (SSSR count). The van der Waals surface area contributed by atoms with Crippen molar-refractivity contribution >= 4 is 33.3 Å². The lowest BCUT2D eigenvalue weighted by atomic mass is 10.1. The molecular formula is C21H17F2N3O3S. The maximum absolute atomic E-state index is 12.8. The predicted molar refractivity (Wildman–Crippen MR) is 112 cm³/mol. The molecule has 9 heteroatoms. The first-order valence-electron chi connectivity index (χ1n) is 8.94. The van der Waals surface area contributed by atoms with Gasteiger partial charge >= 0.3 is 6.61 Å². The average molecular weight is 429 g/mol. The smallest absolute Gasteiger partial charge is 0.387 e. The SMILES string of the molecule is COc1cccc(C(=O)Nc2nc(-c3c(C)[nH]c4ccccc34)cs2)c1OC(F)F. The van der Waals surface area contributed by atoms with Gasteiger partial charge in [-0.25, -0.2) is 4.98 Å². The molecule has 154 valence electrons. The molecule has 0 aliphatic carbocycles. The number of alkyl halides is 2. The molecule has 0 radical (unpaired) electrons. The van der Waals surface area contributed by atoms with Crippen LogP contribution in [0, 0.1) is 6.92 Å². The Bertz CT molecular complexity index is 1220. The van der Waals surface area contributed by atoms with Crippen LogP contribution >= 0.6 is 11.3 Å². The second kappa shape index (κ2) is 8.11. The number of carbonyl (C=O) groups excluding carboxylic acids is 1. The molecule has 2 N–H and O–H groups in total. The summed E-state index contributed by atoms with van der Waals surface area (Å²) < 4.78 is 35.2. The summed E-state index contributed by atoms with van der Waals surface area (Å²) in [7, 11) is 1.31. The van der Waals surface area contributed by atoms with Crippen LogP contribution in [0.25, 0.3) is 22.2 Å². The third-order valence-corrected chi connectivity index (χ3v) is 5.28. The lowest BCUT2D eigenvalue weighted by Crippen LogP contribution is -2.15. The standard InChI is InChI=1S/C21H17F2N3O3S/c1-11-17(12-6-3-4-8-14(12)24-11)15-10-30-21(25-15)26-19(27)13-7-5-9-16(28-2)18(13)29-20(22)23/h3-10,20,24H,1-2H3,(H,25,26,27). The molecule has 0 unspecified atom stereocenters. The van der Waals surface area contributed by atoms with E-state index in [0.717, 1.165) is 22.2 Å². The molecule has 1 amide bonds. The summed E-state index contributed by atoms with van der Waals surface area (Å²) in [6, 6.07) is 12.2. The highest BCUT2D eigenvalue weighted by atomic mass is 32.1. The van der Waals surface area contributed by atoms with Gasteiger partial charge in [-0.2, -0.15) is 8.78 Å². The summed E-state index contributed by atoms with van der Waals surface area (Å²) in [5, 5.41) is 5.85. The molecule has 4 aromatic rings. The van der Waals surface area contributed by atoms with Crippen LogP contribution in [0.3, 0.4) is 0 Å². The highest BCUT2D eigenvalue weighted by Gasteiger charge is 2.21. The fourth-order valence-corrected chi connectivity index (χ4v) is 3.98. The van der Waals surface area contributed by atoms with Gasteiger partial charge in [-0.3, -0.25) is 10.1 Å². The van der Waals surface area contributed by atoms with Crippen LogP contribution in [0.1, 0.15) is 16.1 Å². The Morgan fingerprint density at radius 2 is 2.00 bits per heavy atom. The minimum absolute atomic E-state index is 0.0391. The molecule has 0 fully saturated rings. The van der Waals surface area contributed by atoms with Gasteiger partial charge in [-0.15, -0.1) is 11.3 Å². The molecular weight excluding hydrogens is 412 g/mol. The van der Waals surface area contributed by atoms with Crippen LogP contribution in [0.5, 0.6) is 11.5 Å². The Balaban J connectivity index is 1.63. The zero-order chi connectivity index (χ0) is 21.3. The van der Waals surface area contributed by atoms with Crippen LogP contribution in [-0.2, 0) is 0 Å². The number of carbonyl (C=O) groups is 1. The molecule has 2 heterocycles. The monoisotopic (exact) mass is 429 g/mol. The number of aryl methyl sites for hydroxylation is 1. The Labute approximate surface area is 174 Å². The molecule has 0 spiro atoms. The van der Waals surface area contributed by atoms with Crippen molar-refractivity contribution in [1.82, 2.24) is 9.97 Å². The highest BCUT2D eigenvalue weighted by molar-refractivity contribution is 7.14. The van der Waals surface area contributed by atoms with Crippen molar-refractivity contribution in [2.75, 3.05) is 12.4 Å². The van der Waals surface area contributed by atoms with Crippen molar-refractivity contribution in [2.45, 2.75) is 13.5 Å². The van der Waals surface area contributed by atoms with Gasteiger partial charge in [0.15, 0.2) is 16.6 Å². The first-order chi connectivity index (χ1) is 14.5. The van der Waals surface area contributed by atoms with Crippen LogP contribution < -0.4 is 14.8 Å². The number of halogens is 2. The van der Waals surface area contributed by atoms with E-state index in [4.69, 9.17) is 4.74 Å². The van der Waals surface area contributed by atoms with Gasteiger partial charge in [-0.05, 0) is 25.1 Å². The molecule has 0 saturated carbocycles. The average Bonchev–Trinajstić information content (AvgIpc) is 3.30. The van der Waals surface area contributed by atoms with E-state index in [2.05, 4.69) is 20.0 Å². The van der Waals surface area contributed by atoms with E-state index in [1.54, 1.807) is 0 Å². The number of para-hydroxylation sites is 2. The van der Waals surface area contributed by atoms with Gasteiger partial charge < -0.3 is 14.5 Å². The summed E-state index contributed by atoms with van der Waals surface area (Å²) in [5.41, 5.74) is 3.54. The molecule has 0 bridgehead atoms. The Morgan fingerprint density at radius 1 is 1.20 bits per heavy atom. The fourth-order valence-electron chi connectivity index (χ4n) is 3.28. The van der Waals surface area contributed by atoms with E-state index in [1.807, 2.05) is 36.6 Å². The first-order valence-corrected chi connectivity index (χ1v) is 9.82. The number of ether oxygens (including phenoxy) is 2. The van der Waals surface area contributed by atoms with Gasteiger partial charge in [0.1, 0.15) is 0 Å². The molecule has 0 aliphatic rings. The second-order valence-electron chi connectivity index (χ2n) is 6.38.